The summed E-state index contributed by atoms with van der Waals surface area (Å²) in [7, 11) is 0. The molecule has 3 atom stereocenters. The molecule has 0 radical (unpaired) electrons. The molecule has 0 bridgehead atoms. The molecular formula is C13H25NO. The maximum absolute atomic E-state index is 6.19. The van der Waals surface area contributed by atoms with Crippen molar-refractivity contribution in [3.63, 3.8) is 0 Å². The summed E-state index contributed by atoms with van der Waals surface area (Å²) in [4.78, 5) is 0. The monoisotopic (exact) mass is 211 g/mol. The number of nitrogens with two attached hydrogens (primary N) is 1. The maximum Gasteiger partial charge on any atom is 0.0705 e. The molecule has 2 nitrogen and oxygen atoms in total. The van der Waals surface area contributed by atoms with Gasteiger partial charge in [0.25, 0.3) is 0 Å². The standard InChI is InChI=1S/C13H25NO/c1-10(2)11-4-3-6-13(8-11)7-5-12(9-14)15-13/h10-12H,3-9,14H2,1-2H3/t11-,12+,13+/m1/s1. The Hall–Kier alpha value is -0.0800. The van der Waals surface area contributed by atoms with Crippen LogP contribution in [-0.4, -0.2) is 18.2 Å². The summed E-state index contributed by atoms with van der Waals surface area (Å²) in [5.41, 5.74) is 5.91. The average Bonchev–Trinajstić information content (AvgIpc) is 2.61. The van der Waals surface area contributed by atoms with Crippen molar-refractivity contribution >= 4 is 0 Å². The van der Waals surface area contributed by atoms with Crippen LogP contribution >= 0.6 is 0 Å². The van der Waals surface area contributed by atoms with Crippen molar-refractivity contribution in [2.24, 2.45) is 17.6 Å². The summed E-state index contributed by atoms with van der Waals surface area (Å²) in [6.07, 6.45) is 8.07. The molecule has 88 valence electrons. The topological polar surface area (TPSA) is 35.2 Å². The van der Waals surface area contributed by atoms with Crippen molar-refractivity contribution in [1.29, 1.82) is 0 Å². The Morgan fingerprint density at radius 3 is 2.73 bits per heavy atom. The van der Waals surface area contributed by atoms with Crippen molar-refractivity contribution in [3.8, 4) is 0 Å². The van der Waals surface area contributed by atoms with E-state index in [2.05, 4.69) is 13.8 Å². The van der Waals surface area contributed by atoms with Gasteiger partial charge in [-0.05, 0) is 43.9 Å². The second-order valence-corrected chi connectivity index (χ2v) is 5.80. The molecule has 0 unspecified atom stereocenters. The maximum atomic E-state index is 6.19. The summed E-state index contributed by atoms with van der Waals surface area (Å²) < 4.78 is 6.19. The summed E-state index contributed by atoms with van der Waals surface area (Å²) in [5.74, 6) is 1.68. The lowest BCUT2D eigenvalue weighted by Crippen LogP contribution is -2.38. The molecule has 1 aliphatic heterocycles. The highest BCUT2D eigenvalue weighted by molar-refractivity contribution is 4.94. The summed E-state index contributed by atoms with van der Waals surface area (Å²) in [6, 6.07) is 0. The summed E-state index contributed by atoms with van der Waals surface area (Å²) in [6.45, 7) is 5.40. The van der Waals surface area contributed by atoms with E-state index in [1.165, 1.54) is 38.5 Å². The Labute approximate surface area is 93.6 Å². The molecule has 0 aromatic heterocycles. The first-order chi connectivity index (χ1) is 7.15. The molecule has 0 aromatic rings. The van der Waals surface area contributed by atoms with Crippen LogP contribution in [0.15, 0.2) is 0 Å². The number of hydrogen-bond acceptors (Lipinski definition) is 2. The van der Waals surface area contributed by atoms with Crippen LogP contribution in [0.3, 0.4) is 0 Å². The van der Waals surface area contributed by atoms with Crippen LogP contribution in [0.4, 0.5) is 0 Å². The first kappa shape index (κ1) is 11.4. The highest BCUT2D eigenvalue weighted by atomic mass is 16.5. The van der Waals surface area contributed by atoms with E-state index < -0.39 is 0 Å². The third-order valence-electron chi connectivity index (χ3n) is 4.39. The van der Waals surface area contributed by atoms with E-state index in [1.807, 2.05) is 0 Å². The van der Waals surface area contributed by atoms with Gasteiger partial charge in [0, 0.05) is 6.54 Å². The SMILES string of the molecule is CC(C)[C@@H]1CCC[C@]2(CC[C@@H](CN)O2)C1. The Bertz CT molecular complexity index is 217. The van der Waals surface area contributed by atoms with E-state index in [0.29, 0.717) is 12.6 Å². The van der Waals surface area contributed by atoms with E-state index in [4.69, 9.17) is 10.5 Å². The molecule has 0 amide bonds. The van der Waals surface area contributed by atoms with E-state index in [-0.39, 0.29) is 5.60 Å². The van der Waals surface area contributed by atoms with Gasteiger partial charge < -0.3 is 10.5 Å². The van der Waals surface area contributed by atoms with Crippen LogP contribution in [0.5, 0.6) is 0 Å². The molecule has 1 saturated heterocycles. The van der Waals surface area contributed by atoms with Crippen LogP contribution in [0.25, 0.3) is 0 Å². The van der Waals surface area contributed by atoms with Gasteiger partial charge in [-0.2, -0.15) is 0 Å². The molecule has 15 heavy (non-hydrogen) atoms. The van der Waals surface area contributed by atoms with Gasteiger partial charge in [-0.1, -0.05) is 20.3 Å². The molecular weight excluding hydrogens is 186 g/mol. The predicted octanol–water partition coefficient (Wildman–Crippen LogP) is 2.71. The van der Waals surface area contributed by atoms with Crippen LogP contribution in [-0.2, 0) is 4.74 Å². The second-order valence-electron chi connectivity index (χ2n) is 5.80. The van der Waals surface area contributed by atoms with Crippen molar-refractivity contribution in [1.82, 2.24) is 0 Å². The Morgan fingerprint density at radius 1 is 1.33 bits per heavy atom. The number of hydrogen-bond donors (Lipinski definition) is 1. The Kier molecular flexibility index (Phi) is 3.36. The minimum Gasteiger partial charge on any atom is -0.370 e. The van der Waals surface area contributed by atoms with Gasteiger partial charge >= 0.3 is 0 Å². The van der Waals surface area contributed by atoms with Crippen LogP contribution in [0.2, 0.25) is 0 Å². The highest BCUT2D eigenvalue weighted by Crippen LogP contribution is 2.45. The molecule has 1 heterocycles. The number of ether oxygens (including phenoxy) is 1. The van der Waals surface area contributed by atoms with Crippen molar-refractivity contribution < 1.29 is 4.74 Å². The van der Waals surface area contributed by atoms with Crippen LogP contribution in [0, 0.1) is 11.8 Å². The van der Waals surface area contributed by atoms with Gasteiger partial charge in [0.05, 0.1) is 11.7 Å². The summed E-state index contributed by atoms with van der Waals surface area (Å²) in [5, 5.41) is 0. The molecule has 2 N–H and O–H groups in total. The minimum atomic E-state index is 0.219. The first-order valence-electron chi connectivity index (χ1n) is 6.53. The van der Waals surface area contributed by atoms with Gasteiger partial charge in [0.1, 0.15) is 0 Å². The quantitative estimate of drug-likeness (QED) is 0.762. The Morgan fingerprint density at radius 2 is 2.13 bits per heavy atom. The molecule has 2 rings (SSSR count). The smallest absolute Gasteiger partial charge is 0.0705 e. The normalized spacial score (nSPS) is 41.6. The first-order valence-corrected chi connectivity index (χ1v) is 6.53. The largest absolute Gasteiger partial charge is 0.370 e. The van der Waals surface area contributed by atoms with Gasteiger partial charge in [-0.25, -0.2) is 0 Å². The predicted molar refractivity (Wildman–Crippen MR) is 62.7 cm³/mol. The van der Waals surface area contributed by atoms with Crippen LogP contribution < -0.4 is 5.73 Å². The van der Waals surface area contributed by atoms with Crippen molar-refractivity contribution in [2.75, 3.05) is 6.54 Å². The summed E-state index contributed by atoms with van der Waals surface area (Å²) >= 11 is 0. The van der Waals surface area contributed by atoms with Crippen molar-refractivity contribution in [3.05, 3.63) is 0 Å². The van der Waals surface area contributed by atoms with Gasteiger partial charge in [-0.15, -0.1) is 0 Å². The molecule has 1 saturated carbocycles. The second kappa shape index (κ2) is 4.42. The molecule has 0 aromatic carbocycles. The molecule has 2 fully saturated rings. The molecule has 2 aliphatic rings. The fourth-order valence-corrected chi connectivity index (χ4v) is 3.33. The minimum absolute atomic E-state index is 0.219. The third kappa shape index (κ3) is 2.36. The molecule has 1 spiro atoms. The molecule has 1 aliphatic carbocycles. The fourth-order valence-electron chi connectivity index (χ4n) is 3.33. The van der Waals surface area contributed by atoms with Gasteiger partial charge in [0.15, 0.2) is 0 Å². The third-order valence-corrected chi connectivity index (χ3v) is 4.39. The highest BCUT2D eigenvalue weighted by Gasteiger charge is 2.43. The molecule has 2 heteroatoms. The zero-order valence-electron chi connectivity index (χ0n) is 10.2. The van der Waals surface area contributed by atoms with E-state index >= 15 is 0 Å². The average molecular weight is 211 g/mol. The van der Waals surface area contributed by atoms with E-state index in [9.17, 15) is 0 Å². The number of rotatable bonds is 2. The van der Waals surface area contributed by atoms with E-state index in [0.717, 1.165) is 11.8 Å². The van der Waals surface area contributed by atoms with Gasteiger partial charge in [0.2, 0.25) is 0 Å². The van der Waals surface area contributed by atoms with E-state index in [1.54, 1.807) is 0 Å². The zero-order valence-corrected chi connectivity index (χ0v) is 10.2. The lowest BCUT2D eigenvalue weighted by atomic mass is 9.72. The Balaban J connectivity index is 1.97. The van der Waals surface area contributed by atoms with Crippen LogP contribution in [0.1, 0.15) is 52.4 Å². The lowest BCUT2D eigenvalue weighted by molar-refractivity contribution is -0.0775. The zero-order chi connectivity index (χ0) is 10.9. The van der Waals surface area contributed by atoms with Gasteiger partial charge in [-0.3, -0.25) is 0 Å². The van der Waals surface area contributed by atoms with Crippen molar-refractivity contribution in [2.45, 2.75) is 64.1 Å². The lowest BCUT2D eigenvalue weighted by Gasteiger charge is -2.39. The fraction of sp³-hybridized carbons (Fsp3) is 1.00.